The molecule has 1 atom stereocenters. The zero-order valence-electron chi connectivity index (χ0n) is 10.8. The minimum Gasteiger partial charge on any atom is -0.341 e. The van der Waals surface area contributed by atoms with Crippen molar-refractivity contribution in [2.24, 2.45) is 0 Å². The van der Waals surface area contributed by atoms with Gasteiger partial charge in [0.05, 0.1) is 6.04 Å². The van der Waals surface area contributed by atoms with Crippen LogP contribution in [0.25, 0.3) is 0 Å². The zero-order valence-corrected chi connectivity index (χ0v) is 10.8. The molecule has 2 N–H and O–H groups in total. The van der Waals surface area contributed by atoms with E-state index in [2.05, 4.69) is 15.5 Å². The van der Waals surface area contributed by atoms with Crippen molar-refractivity contribution in [2.45, 2.75) is 45.1 Å². The molecule has 5 heteroatoms. The number of hydrogen-bond donors (Lipinski definition) is 2. The monoisotopic (exact) mass is 241 g/mol. The lowest BCUT2D eigenvalue weighted by Crippen LogP contribution is -2.49. The van der Waals surface area contributed by atoms with E-state index in [1.807, 2.05) is 6.92 Å². The number of nitrogens with zero attached hydrogens (tertiary/aromatic N) is 1. The Morgan fingerprint density at radius 1 is 1.06 bits per heavy atom. The predicted molar refractivity (Wildman–Crippen MR) is 66.7 cm³/mol. The number of carbonyl (C=O) groups is 2. The number of rotatable bonds is 2. The fourth-order valence-electron chi connectivity index (χ4n) is 2.10. The van der Waals surface area contributed by atoms with E-state index in [0.29, 0.717) is 0 Å². The van der Waals surface area contributed by atoms with Gasteiger partial charge in [-0.25, -0.2) is 4.79 Å². The second-order valence-electron chi connectivity index (χ2n) is 4.55. The lowest BCUT2D eigenvalue weighted by atomic mass is 10.1. The summed E-state index contributed by atoms with van der Waals surface area (Å²) in [5, 5.41) is 4.72. The van der Waals surface area contributed by atoms with Crippen molar-refractivity contribution in [3.63, 3.8) is 0 Å². The Balaban J connectivity index is 2.45. The maximum Gasteiger partial charge on any atom is 0.321 e. The van der Waals surface area contributed by atoms with E-state index in [-0.39, 0.29) is 11.9 Å². The van der Waals surface area contributed by atoms with Crippen LogP contribution < -0.4 is 10.6 Å². The molecular formula is C12H23N3O2. The summed E-state index contributed by atoms with van der Waals surface area (Å²) in [5.74, 6) is -0.218. The quantitative estimate of drug-likeness (QED) is 0.761. The molecule has 0 aromatic rings. The molecule has 98 valence electrons. The minimum absolute atomic E-state index is 0.218. The van der Waals surface area contributed by atoms with Gasteiger partial charge < -0.3 is 5.32 Å². The van der Waals surface area contributed by atoms with Crippen molar-refractivity contribution in [1.29, 1.82) is 0 Å². The van der Waals surface area contributed by atoms with Crippen LogP contribution in [0.2, 0.25) is 0 Å². The molecule has 0 bridgehead atoms. The standard InChI is InChI=1S/C12H23N3O2/c1-10(11(16)14-12(17)13-2)15-8-6-4-3-5-7-9-15/h10H,3-9H2,1-2H3,(H2,13,14,16,17)/t10-/m1/s1. The van der Waals surface area contributed by atoms with Crippen LogP contribution in [-0.2, 0) is 4.79 Å². The summed E-state index contributed by atoms with van der Waals surface area (Å²) in [6, 6.07) is -0.667. The smallest absolute Gasteiger partial charge is 0.321 e. The molecule has 1 heterocycles. The van der Waals surface area contributed by atoms with Crippen LogP contribution >= 0.6 is 0 Å². The van der Waals surface area contributed by atoms with Crippen LogP contribution in [0.4, 0.5) is 4.79 Å². The number of carbonyl (C=O) groups excluding carboxylic acids is 2. The SMILES string of the molecule is CNC(=O)NC(=O)[C@@H](C)N1CCCCCCC1. The van der Waals surface area contributed by atoms with Crippen LogP contribution in [-0.4, -0.2) is 43.0 Å². The van der Waals surface area contributed by atoms with Crippen LogP contribution in [0, 0.1) is 0 Å². The van der Waals surface area contributed by atoms with Gasteiger partial charge in [-0.15, -0.1) is 0 Å². The minimum atomic E-state index is -0.436. The van der Waals surface area contributed by atoms with Crippen LogP contribution in [0.15, 0.2) is 0 Å². The second kappa shape index (κ2) is 7.27. The highest BCUT2D eigenvalue weighted by molar-refractivity contribution is 5.96. The third-order valence-electron chi connectivity index (χ3n) is 3.28. The van der Waals surface area contributed by atoms with Gasteiger partial charge in [-0.05, 0) is 32.9 Å². The third-order valence-corrected chi connectivity index (χ3v) is 3.28. The molecule has 0 aliphatic carbocycles. The number of urea groups is 1. The normalized spacial score (nSPS) is 19.9. The molecule has 5 nitrogen and oxygen atoms in total. The van der Waals surface area contributed by atoms with Crippen LogP contribution in [0.5, 0.6) is 0 Å². The molecule has 0 spiro atoms. The Kier molecular flexibility index (Phi) is 5.97. The van der Waals surface area contributed by atoms with Gasteiger partial charge in [0.15, 0.2) is 0 Å². The summed E-state index contributed by atoms with van der Waals surface area (Å²) in [5.41, 5.74) is 0. The molecule has 0 aromatic carbocycles. The molecule has 0 radical (unpaired) electrons. The van der Waals surface area contributed by atoms with Gasteiger partial charge in [0.25, 0.3) is 0 Å². The highest BCUT2D eigenvalue weighted by Crippen LogP contribution is 2.12. The fraction of sp³-hybridized carbons (Fsp3) is 0.833. The first-order valence-corrected chi connectivity index (χ1v) is 6.41. The predicted octanol–water partition coefficient (Wildman–Crippen LogP) is 1.10. The van der Waals surface area contributed by atoms with Crippen molar-refractivity contribution in [3.8, 4) is 0 Å². The highest BCUT2D eigenvalue weighted by Gasteiger charge is 2.22. The third kappa shape index (κ3) is 4.73. The average Bonchev–Trinajstić information content (AvgIpc) is 2.27. The maximum absolute atomic E-state index is 11.8. The Morgan fingerprint density at radius 3 is 2.12 bits per heavy atom. The van der Waals surface area contributed by atoms with Gasteiger partial charge >= 0.3 is 6.03 Å². The van der Waals surface area contributed by atoms with Crippen molar-refractivity contribution in [3.05, 3.63) is 0 Å². The summed E-state index contributed by atoms with van der Waals surface area (Å²) in [4.78, 5) is 25.0. The van der Waals surface area contributed by atoms with Crippen LogP contribution in [0.1, 0.15) is 39.0 Å². The molecule has 0 aromatic heterocycles. The summed E-state index contributed by atoms with van der Waals surface area (Å²) in [6.45, 7) is 3.75. The summed E-state index contributed by atoms with van der Waals surface area (Å²) in [6.07, 6.45) is 6.04. The molecule has 0 saturated carbocycles. The molecule has 0 unspecified atom stereocenters. The number of likely N-dealkylation sites (tertiary alicyclic amines) is 1. The number of hydrogen-bond acceptors (Lipinski definition) is 3. The van der Waals surface area contributed by atoms with E-state index < -0.39 is 6.03 Å². The first-order valence-electron chi connectivity index (χ1n) is 6.41. The topological polar surface area (TPSA) is 61.4 Å². The summed E-state index contributed by atoms with van der Waals surface area (Å²) in [7, 11) is 1.50. The Morgan fingerprint density at radius 2 is 1.59 bits per heavy atom. The summed E-state index contributed by atoms with van der Waals surface area (Å²) < 4.78 is 0. The molecule has 17 heavy (non-hydrogen) atoms. The van der Waals surface area contributed by atoms with E-state index in [4.69, 9.17) is 0 Å². The van der Waals surface area contributed by atoms with Crippen molar-refractivity contribution in [2.75, 3.05) is 20.1 Å². The van der Waals surface area contributed by atoms with Gasteiger partial charge in [0.1, 0.15) is 0 Å². The van der Waals surface area contributed by atoms with Crippen molar-refractivity contribution < 1.29 is 9.59 Å². The van der Waals surface area contributed by atoms with E-state index in [1.54, 1.807) is 0 Å². The van der Waals surface area contributed by atoms with E-state index in [9.17, 15) is 9.59 Å². The van der Waals surface area contributed by atoms with Gasteiger partial charge in [-0.3, -0.25) is 15.0 Å². The van der Waals surface area contributed by atoms with Crippen LogP contribution in [0.3, 0.4) is 0 Å². The van der Waals surface area contributed by atoms with Gasteiger partial charge in [0.2, 0.25) is 5.91 Å². The average molecular weight is 241 g/mol. The lowest BCUT2D eigenvalue weighted by Gasteiger charge is -2.29. The van der Waals surface area contributed by atoms with Gasteiger partial charge in [0, 0.05) is 7.05 Å². The first-order chi connectivity index (χ1) is 8.15. The number of imide groups is 1. The maximum atomic E-state index is 11.8. The summed E-state index contributed by atoms with van der Waals surface area (Å²) >= 11 is 0. The Labute approximate surface area is 103 Å². The van der Waals surface area contributed by atoms with Crippen molar-refractivity contribution in [1.82, 2.24) is 15.5 Å². The van der Waals surface area contributed by atoms with Crippen molar-refractivity contribution >= 4 is 11.9 Å². The zero-order chi connectivity index (χ0) is 12.7. The van der Waals surface area contributed by atoms with Gasteiger partial charge in [-0.2, -0.15) is 0 Å². The van der Waals surface area contributed by atoms with E-state index >= 15 is 0 Å². The van der Waals surface area contributed by atoms with E-state index in [1.165, 1.54) is 26.3 Å². The van der Waals surface area contributed by atoms with Gasteiger partial charge in [-0.1, -0.05) is 19.3 Å². The molecule has 1 aliphatic rings. The first kappa shape index (κ1) is 14.0. The number of amides is 3. The fourth-order valence-corrected chi connectivity index (χ4v) is 2.10. The Hall–Kier alpha value is -1.10. The second-order valence-corrected chi connectivity index (χ2v) is 4.55. The molecule has 1 rings (SSSR count). The highest BCUT2D eigenvalue weighted by atomic mass is 16.2. The van der Waals surface area contributed by atoms with E-state index in [0.717, 1.165) is 25.9 Å². The number of nitrogens with one attached hydrogen (secondary N) is 2. The molecule has 1 saturated heterocycles. The largest absolute Gasteiger partial charge is 0.341 e. The molecule has 3 amide bonds. The Bertz CT molecular complexity index is 260. The molecule has 1 aliphatic heterocycles. The lowest BCUT2D eigenvalue weighted by molar-refractivity contribution is -0.124. The molecular weight excluding hydrogens is 218 g/mol. The molecule has 1 fully saturated rings.